The summed E-state index contributed by atoms with van der Waals surface area (Å²) >= 11 is 13.0. The molecule has 2 N–H and O–H groups in total. The number of nitrogens with zero attached hydrogens (tertiary/aromatic N) is 2. The molecule has 1 aromatic heterocycles. The first-order valence-corrected chi connectivity index (χ1v) is 10.2. The van der Waals surface area contributed by atoms with Gasteiger partial charge in [-0.25, -0.2) is 4.39 Å². The molecule has 0 aliphatic carbocycles. The normalized spacial score (nSPS) is 17.0. The topological polar surface area (TPSA) is 30.5 Å². The Kier molecular flexibility index (Phi) is 6.83. The van der Waals surface area contributed by atoms with Crippen molar-refractivity contribution in [3.63, 3.8) is 0 Å². The first-order valence-electron chi connectivity index (χ1n) is 8.49. The fraction of sp³-hybridized carbons (Fsp3) is 0.389. The van der Waals surface area contributed by atoms with Crippen LogP contribution in [0.25, 0.3) is 0 Å². The molecule has 0 radical (unpaired) electrons. The van der Waals surface area contributed by atoms with E-state index in [9.17, 15) is 4.39 Å². The second-order valence-electron chi connectivity index (χ2n) is 6.33. The maximum absolute atomic E-state index is 13.3. The summed E-state index contributed by atoms with van der Waals surface area (Å²) in [5, 5.41) is 9.05. The molecule has 0 bridgehead atoms. The molecule has 8 heteroatoms. The summed E-state index contributed by atoms with van der Waals surface area (Å²) in [6.45, 7) is 4.92. The van der Waals surface area contributed by atoms with Crippen LogP contribution in [0.4, 0.5) is 10.1 Å². The quantitative estimate of drug-likeness (QED) is 0.729. The molecule has 3 rings (SSSR count). The third kappa shape index (κ3) is 5.14. The molecule has 140 valence electrons. The Hall–Kier alpha value is -1.25. The Bertz CT molecular complexity index is 733. The average Bonchev–Trinajstić information content (AvgIpc) is 3.14. The Labute approximate surface area is 167 Å². The van der Waals surface area contributed by atoms with Crippen molar-refractivity contribution in [1.29, 1.82) is 0 Å². The molecule has 1 atom stereocenters. The highest BCUT2D eigenvalue weighted by Gasteiger charge is 2.24. The number of nitrogens with one attached hydrogen (secondary N) is 2. The predicted octanol–water partition coefficient (Wildman–Crippen LogP) is 3.82. The first-order chi connectivity index (χ1) is 12.5. The maximum Gasteiger partial charge on any atom is 0.170 e. The summed E-state index contributed by atoms with van der Waals surface area (Å²) in [5.74, 6) is -0.441. The molecule has 1 fully saturated rings. The zero-order valence-corrected chi connectivity index (χ0v) is 16.9. The smallest absolute Gasteiger partial charge is 0.170 e. The summed E-state index contributed by atoms with van der Waals surface area (Å²) in [6, 6.07) is 9.01. The lowest BCUT2D eigenvalue weighted by Gasteiger charge is -2.37. The van der Waals surface area contributed by atoms with E-state index in [0.717, 1.165) is 26.2 Å². The van der Waals surface area contributed by atoms with Gasteiger partial charge in [0.05, 0.1) is 11.1 Å². The lowest BCUT2D eigenvalue weighted by molar-refractivity contribution is 0.114. The number of hydrogen-bond acceptors (Lipinski definition) is 4. The molecule has 1 saturated heterocycles. The van der Waals surface area contributed by atoms with Crippen molar-refractivity contribution in [1.82, 2.24) is 15.1 Å². The Balaban J connectivity index is 1.60. The van der Waals surface area contributed by atoms with Crippen LogP contribution in [0.15, 0.2) is 35.7 Å². The molecule has 1 aliphatic rings. The molecule has 2 aromatic rings. The highest BCUT2D eigenvalue weighted by atomic mass is 35.5. The molecule has 2 heterocycles. The molecule has 26 heavy (non-hydrogen) atoms. The van der Waals surface area contributed by atoms with E-state index < -0.39 is 5.82 Å². The molecule has 4 nitrogen and oxygen atoms in total. The van der Waals surface area contributed by atoms with Gasteiger partial charge in [-0.2, -0.15) is 0 Å². The van der Waals surface area contributed by atoms with Gasteiger partial charge in [-0.15, -0.1) is 11.3 Å². The minimum absolute atomic E-state index is 0.0756. The van der Waals surface area contributed by atoms with Gasteiger partial charge in [0.15, 0.2) is 5.11 Å². The van der Waals surface area contributed by atoms with E-state index in [0.29, 0.717) is 17.3 Å². The Morgan fingerprint density at radius 3 is 2.73 bits per heavy atom. The third-order valence-electron chi connectivity index (χ3n) is 4.48. The molecule has 0 spiro atoms. The largest absolute Gasteiger partial charge is 0.360 e. The van der Waals surface area contributed by atoms with Gasteiger partial charge in [0.1, 0.15) is 5.82 Å². The number of piperazine rings is 1. The molecule has 1 aromatic carbocycles. The lowest BCUT2D eigenvalue weighted by atomic mass is 10.1. The Morgan fingerprint density at radius 1 is 1.31 bits per heavy atom. The van der Waals surface area contributed by atoms with E-state index in [4.69, 9.17) is 23.8 Å². The molecular formula is C18H22ClFN4S2. The summed E-state index contributed by atoms with van der Waals surface area (Å²) in [6.07, 6.45) is 0. The Morgan fingerprint density at radius 2 is 2.08 bits per heavy atom. The number of benzene rings is 1. The van der Waals surface area contributed by atoms with Crippen molar-refractivity contribution in [3.8, 4) is 0 Å². The van der Waals surface area contributed by atoms with E-state index in [1.807, 2.05) is 0 Å². The minimum Gasteiger partial charge on any atom is -0.360 e. The number of hydrogen-bond donors (Lipinski definition) is 2. The SMILES string of the molecule is CN1CCN([C@H](CNC(=S)Nc2ccc(F)c(Cl)c2)c2cccs2)CC1. The van der Waals surface area contributed by atoms with Crippen molar-refractivity contribution in [2.75, 3.05) is 45.1 Å². The lowest BCUT2D eigenvalue weighted by Crippen LogP contribution is -2.48. The van der Waals surface area contributed by atoms with E-state index in [2.05, 4.69) is 45.0 Å². The van der Waals surface area contributed by atoms with Gasteiger partial charge >= 0.3 is 0 Å². The van der Waals surface area contributed by atoms with Gasteiger partial charge in [0, 0.05) is 43.3 Å². The van der Waals surface area contributed by atoms with Crippen molar-refractivity contribution in [2.45, 2.75) is 6.04 Å². The van der Waals surface area contributed by atoms with Gasteiger partial charge in [-0.3, -0.25) is 4.90 Å². The molecular weight excluding hydrogens is 391 g/mol. The number of thiophene rings is 1. The fourth-order valence-electron chi connectivity index (χ4n) is 2.96. The summed E-state index contributed by atoms with van der Waals surface area (Å²) < 4.78 is 13.3. The molecule has 0 saturated carbocycles. The van der Waals surface area contributed by atoms with Crippen LogP contribution in [0.1, 0.15) is 10.9 Å². The third-order valence-corrected chi connectivity index (χ3v) is 5.99. The van der Waals surface area contributed by atoms with Gasteiger partial charge in [-0.05, 0) is 48.9 Å². The second-order valence-corrected chi connectivity index (χ2v) is 8.13. The van der Waals surface area contributed by atoms with Crippen LogP contribution >= 0.6 is 35.2 Å². The number of halogens is 2. The van der Waals surface area contributed by atoms with E-state index >= 15 is 0 Å². The van der Waals surface area contributed by atoms with E-state index in [1.54, 1.807) is 17.4 Å². The van der Waals surface area contributed by atoms with Crippen LogP contribution in [-0.2, 0) is 0 Å². The van der Waals surface area contributed by atoms with Crippen molar-refractivity contribution in [3.05, 3.63) is 51.4 Å². The monoisotopic (exact) mass is 412 g/mol. The summed E-state index contributed by atoms with van der Waals surface area (Å²) in [7, 11) is 2.16. The van der Waals surface area contributed by atoms with Gasteiger partial charge in [0.25, 0.3) is 0 Å². The van der Waals surface area contributed by atoms with E-state index in [1.165, 1.54) is 17.0 Å². The average molecular weight is 413 g/mol. The highest BCUT2D eigenvalue weighted by molar-refractivity contribution is 7.80. The number of thiocarbonyl (C=S) groups is 1. The zero-order chi connectivity index (χ0) is 18.5. The van der Waals surface area contributed by atoms with Crippen molar-refractivity contribution >= 4 is 46.0 Å². The highest BCUT2D eigenvalue weighted by Crippen LogP contribution is 2.25. The maximum atomic E-state index is 13.3. The predicted molar refractivity (Wildman–Crippen MR) is 112 cm³/mol. The van der Waals surface area contributed by atoms with Crippen LogP contribution < -0.4 is 10.6 Å². The van der Waals surface area contributed by atoms with Gasteiger partial charge in [-0.1, -0.05) is 17.7 Å². The van der Waals surface area contributed by atoms with Crippen molar-refractivity contribution in [2.24, 2.45) is 0 Å². The number of anilines is 1. The molecule has 0 unspecified atom stereocenters. The van der Waals surface area contributed by atoms with Crippen LogP contribution in [-0.4, -0.2) is 54.7 Å². The fourth-order valence-corrected chi connectivity index (χ4v) is 4.21. The zero-order valence-electron chi connectivity index (χ0n) is 14.5. The molecule has 0 amide bonds. The standard InChI is InChI=1S/C18H22ClFN4S2/c1-23-6-8-24(9-7-23)16(17-3-2-10-26-17)12-21-18(25)22-13-4-5-15(20)14(19)11-13/h2-5,10-11,16H,6-9,12H2,1H3,(H2,21,22,25)/t16-/m1/s1. The molecule has 1 aliphatic heterocycles. The number of likely N-dealkylation sites (N-methyl/N-ethyl adjacent to an activating group) is 1. The van der Waals surface area contributed by atoms with Crippen molar-refractivity contribution < 1.29 is 4.39 Å². The minimum atomic E-state index is -0.441. The first kappa shape index (κ1) is 19.5. The van der Waals surface area contributed by atoms with Crippen LogP contribution in [0.3, 0.4) is 0 Å². The van der Waals surface area contributed by atoms with Gasteiger partial charge < -0.3 is 15.5 Å². The van der Waals surface area contributed by atoms with Crippen LogP contribution in [0.5, 0.6) is 0 Å². The van der Waals surface area contributed by atoms with Gasteiger partial charge in [0.2, 0.25) is 0 Å². The van der Waals surface area contributed by atoms with E-state index in [-0.39, 0.29) is 11.1 Å². The summed E-state index contributed by atoms with van der Waals surface area (Å²) in [5.41, 5.74) is 0.668. The van der Waals surface area contributed by atoms with Crippen LogP contribution in [0.2, 0.25) is 5.02 Å². The second kappa shape index (κ2) is 9.10. The summed E-state index contributed by atoms with van der Waals surface area (Å²) in [4.78, 5) is 6.17. The van der Waals surface area contributed by atoms with Crippen LogP contribution in [0, 0.1) is 5.82 Å². The number of rotatable bonds is 5.